The van der Waals surface area contributed by atoms with E-state index in [1.54, 1.807) is 16.8 Å². The molecule has 0 saturated carbocycles. The molecule has 0 bridgehead atoms. The van der Waals surface area contributed by atoms with Crippen LogP contribution in [0.15, 0.2) is 50.3 Å². The van der Waals surface area contributed by atoms with Crippen molar-refractivity contribution in [2.75, 3.05) is 5.73 Å². The smallest absolute Gasteiger partial charge is 0.250 e. The van der Waals surface area contributed by atoms with E-state index in [-0.39, 0.29) is 5.56 Å². The van der Waals surface area contributed by atoms with Gasteiger partial charge in [0, 0.05) is 26.9 Å². The van der Waals surface area contributed by atoms with Crippen LogP contribution in [0, 0.1) is 0 Å². The van der Waals surface area contributed by atoms with Gasteiger partial charge in [0.2, 0.25) is 0 Å². The van der Waals surface area contributed by atoms with Crippen LogP contribution in [0.3, 0.4) is 0 Å². The number of anilines is 1. The molecule has 0 atom stereocenters. The number of aromatic nitrogens is 1. The molecule has 1 aromatic carbocycles. The minimum Gasteiger partial charge on any atom is -0.398 e. The zero-order valence-corrected chi connectivity index (χ0v) is 12.0. The molecule has 2 aromatic rings. The van der Waals surface area contributed by atoms with Crippen molar-refractivity contribution in [2.24, 2.45) is 0 Å². The SMILES string of the molecule is Nc1cccc(Cn2cc(Br)ccc2=O)c1Br. The normalized spacial score (nSPS) is 10.5. The third kappa shape index (κ3) is 2.79. The lowest BCUT2D eigenvalue weighted by molar-refractivity contribution is 0.754. The highest BCUT2D eigenvalue weighted by Gasteiger charge is 2.05. The summed E-state index contributed by atoms with van der Waals surface area (Å²) in [6, 6.07) is 8.89. The maximum atomic E-state index is 11.7. The number of nitrogens with zero attached hydrogens (tertiary/aromatic N) is 1. The first-order valence-corrected chi connectivity index (χ1v) is 6.55. The third-order valence-electron chi connectivity index (χ3n) is 2.40. The lowest BCUT2D eigenvalue weighted by atomic mass is 10.2. The molecular weight excluding hydrogens is 348 g/mol. The van der Waals surface area contributed by atoms with Gasteiger partial charge in [0.15, 0.2) is 0 Å². The van der Waals surface area contributed by atoms with E-state index < -0.39 is 0 Å². The first kappa shape index (κ1) is 12.4. The number of rotatable bonds is 2. The first-order valence-electron chi connectivity index (χ1n) is 4.97. The number of halogens is 2. The van der Waals surface area contributed by atoms with Crippen LogP contribution in [0.25, 0.3) is 0 Å². The lowest BCUT2D eigenvalue weighted by Crippen LogP contribution is -2.19. The van der Waals surface area contributed by atoms with Gasteiger partial charge in [0.05, 0.1) is 6.54 Å². The summed E-state index contributed by atoms with van der Waals surface area (Å²) in [6.07, 6.45) is 1.76. The number of benzene rings is 1. The average molecular weight is 358 g/mol. The fourth-order valence-corrected chi connectivity index (χ4v) is 2.30. The van der Waals surface area contributed by atoms with E-state index in [9.17, 15) is 4.79 Å². The van der Waals surface area contributed by atoms with Crippen molar-refractivity contribution in [3.05, 3.63) is 61.4 Å². The van der Waals surface area contributed by atoms with Crippen LogP contribution in [-0.2, 0) is 6.54 Å². The van der Waals surface area contributed by atoms with Crippen molar-refractivity contribution in [3.8, 4) is 0 Å². The van der Waals surface area contributed by atoms with Crippen molar-refractivity contribution in [2.45, 2.75) is 6.54 Å². The van der Waals surface area contributed by atoms with E-state index in [0.29, 0.717) is 12.2 Å². The van der Waals surface area contributed by atoms with Crippen LogP contribution in [0.1, 0.15) is 5.56 Å². The Kier molecular flexibility index (Phi) is 3.69. The second-order valence-electron chi connectivity index (χ2n) is 3.63. The Morgan fingerprint density at radius 2 is 1.94 bits per heavy atom. The summed E-state index contributed by atoms with van der Waals surface area (Å²) in [5, 5.41) is 0. The summed E-state index contributed by atoms with van der Waals surface area (Å²) in [6.45, 7) is 0.490. The fraction of sp³-hybridized carbons (Fsp3) is 0.0833. The molecule has 1 heterocycles. The van der Waals surface area contributed by atoms with Crippen molar-refractivity contribution < 1.29 is 0 Å². The van der Waals surface area contributed by atoms with Crippen LogP contribution in [-0.4, -0.2) is 4.57 Å². The third-order valence-corrected chi connectivity index (χ3v) is 3.83. The van der Waals surface area contributed by atoms with Crippen LogP contribution in [0.4, 0.5) is 5.69 Å². The molecule has 88 valence electrons. The Morgan fingerprint density at radius 1 is 1.18 bits per heavy atom. The molecule has 1 aromatic heterocycles. The van der Waals surface area contributed by atoms with E-state index in [1.165, 1.54) is 6.07 Å². The highest BCUT2D eigenvalue weighted by molar-refractivity contribution is 9.11. The van der Waals surface area contributed by atoms with Gasteiger partial charge in [0.25, 0.3) is 5.56 Å². The molecule has 3 nitrogen and oxygen atoms in total. The Bertz CT molecular complexity index is 608. The molecule has 0 fully saturated rings. The Balaban J connectivity index is 2.41. The zero-order chi connectivity index (χ0) is 12.4. The van der Waals surface area contributed by atoms with E-state index in [0.717, 1.165) is 14.5 Å². The summed E-state index contributed by atoms with van der Waals surface area (Å²) >= 11 is 6.78. The van der Waals surface area contributed by atoms with E-state index in [2.05, 4.69) is 31.9 Å². The molecule has 0 amide bonds. The predicted molar refractivity (Wildman–Crippen MR) is 76.1 cm³/mol. The van der Waals surface area contributed by atoms with Crippen LogP contribution in [0.5, 0.6) is 0 Å². The van der Waals surface area contributed by atoms with Crippen LogP contribution >= 0.6 is 31.9 Å². The van der Waals surface area contributed by atoms with Gasteiger partial charge in [-0.1, -0.05) is 12.1 Å². The minimum atomic E-state index is -0.0393. The standard InChI is InChI=1S/C12H10Br2N2O/c13-9-4-5-11(17)16(7-9)6-8-2-1-3-10(15)12(8)14/h1-5,7H,6,15H2. The van der Waals surface area contributed by atoms with Gasteiger partial charge < -0.3 is 10.3 Å². The molecule has 0 aliphatic rings. The lowest BCUT2D eigenvalue weighted by Gasteiger charge is -2.09. The number of hydrogen-bond donors (Lipinski definition) is 1. The Labute approximate surface area is 116 Å². The molecule has 0 radical (unpaired) electrons. The van der Waals surface area contributed by atoms with Crippen LogP contribution in [0.2, 0.25) is 0 Å². The number of pyridine rings is 1. The maximum Gasteiger partial charge on any atom is 0.250 e. The summed E-state index contributed by atoms with van der Waals surface area (Å²) in [5.41, 5.74) is 7.41. The molecule has 0 aliphatic heterocycles. The van der Waals surface area contributed by atoms with Crippen molar-refractivity contribution in [1.82, 2.24) is 4.57 Å². The molecule has 0 saturated heterocycles. The zero-order valence-electron chi connectivity index (χ0n) is 8.86. The number of nitrogens with two attached hydrogens (primary N) is 1. The van der Waals surface area contributed by atoms with Gasteiger partial charge in [-0.3, -0.25) is 4.79 Å². The molecule has 17 heavy (non-hydrogen) atoms. The fourth-order valence-electron chi connectivity index (χ4n) is 1.53. The largest absolute Gasteiger partial charge is 0.398 e. The van der Waals surface area contributed by atoms with Crippen molar-refractivity contribution in [1.29, 1.82) is 0 Å². The predicted octanol–water partition coefficient (Wildman–Crippen LogP) is 3.00. The second-order valence-corrected chi connectivity index (χ2v) is 5.34. The maximum absolute atomic E-state index is 11.7. The molecule has 0 unspecified atom stereocenters. The van der Waals surface area contributed by atoms with Gasteiger partial charge in [-0.2, -0.15) is 0 Å². The molecule has 0 aliphatic carbocycles. The molecule has 2 N–H and O–H groups in total. The van der Waals surface area contributed by atoms with Gasteiger partial charge in [-0.05, 0) is 49.6 Å². The molecule has 5 heteroatoms. The molecular formula is C12H10Br2N2O. The van der Waals surface area contributed by atoms with Crippen molar-refractivity contribution >= 4 is 37.5 Å². The van der Waals surface area contributed by atoms with Gasteiger partial charge >= 0.3 is 0 Å². The molecule has 2 rings (SSSR count). The monoisotopic (exact) mass is 356 g/mol. The topological polar surface area (TPSA) is 48.0 Å². The van der Waals surface area contributed by atoms with Crippen molar-refractivity contribution in [3.63, 3.8) is 0 Å². The van der Waals surface area contributed by atoms with Gasteiger partial charge in [-0.15, -0.1) is 0 Å². The van der Waals surface area contributed by atoms with Gasteiger partial charge in [0.1, 0.15) is 0 Å². The highest BCUT2D eigenvalue weighted by atomic mass is 79.9. The van der Waals surface area contributed by atoms with Crippen LogP contribution < -0.4 is 11.3 Å². The minimum absolute atomic E-state index is 0.0393. The second kappa shape index (κ2) is 5.06. The Morgan fingerprint density at radius 3 is 2.71 bits per heavy atom. The van der Waals surface area contributed by atoms with E-state index in [4.69, 9.17) is 5.73 Å². The molecule has 0 spiro atoms. The number of hydrogen-bond acceptors (Lipinski definition) is 2. The summed E-state index contributed by atoms with van der Waals surface area (Å²) in [4.78, 5) is 11.7. The van der Waals surface area contributed by atoms with E-state index >= 15 is 0 Å². The highest BCUT2D eigenvalue weighted by Crippen LogP contribution is 2.24. The first-order chi connectivity index (χ1) is 8.08. The Hall–Kier alpha value is -1.07. The van der Waals surface area contributed by atoms with E-state index in [1.807, 2.05) is 18.2 Å². The summed E-state index contributed by atoms with van der Waals surface area (Å²) in [5.74, 6) is 0. The number of nitrogen functional groups attached to an aromatic ring is 1. The van der Waals surface area contributed by atoms with Gasteiger partial charge in [-0.25, -0.2) is 0 Å². The average Bonchev–Trinajstić information content (AvgIpc) is 2.30. The quantitative estimate of drug-likeness (QED) is 0.840. The summed E-state index contributed by atoms with van der Waals surface area (Å²) in [7, 11) is 0. The summed E-state index contributed by atoms with van der Waals surface area (Å²) < 4.78 is 3.34.